The van der Waals surface area contributed by atoms with Crippen molar-refractivity contribution in [3.8, 4) is 0 Å². The predicted octanol–water partition coefficient (Wildman–Crippen LogP) is 5.66. The summed E-state index contributed by atoms with van der Waals surface area (Å²) in [6, 6.07) is 5.89. The number of nitrogens with zero attached hydrogens (tertiary/aromatic N) is 2. The van der Waals surface area contributed by atoms with Gasteiger partial charge >= 0.3 is 0 Å². The highest BCUT2D eigenvalue weighted by molar-refractivity contribution is 6.31. The normalized spacial score (nSPS) is 22.7. The van der Waals surface area contributed by atoms with Gasteiger partial charge in [-0.05, 0) is 42.5 Å². The van der Waals surface area contributed by atoms with Crippen LogP contribution >= 0.6 is 11.6 Å². The predicted molar refractivity (Wildman–Crippen MR) is 121 cm³/mol. The molecule has 7 heteroatoms. The number of benzene rings is 1. The Balaban J connectivity index is 1.54. The summed E-state index contributed by atoms with van der Waals surface area (Å²) in [5.74, 6) is -2.23. The van der Waals surface area contributed by atoms with Gasteiger partial charge < -0.3 is 14.8 Å². The summed E-state index contributed by atoms with van der Waals surface area (Å²) in [5, 5.41) is 1.86. The van der Waals surface area contributed by atoms with Gasteiger partial charge in [-0.3, -0.25) is 4.79 Å². The zero-order valence-electron chi connectivity index (χ0n) is 18.6. The van der Waals surface area contributed by atoms with E-state index in [4.69, 9.17) is 11.6 Å². The van der Waals surface area contributed by atoms with Gasteiger partial charge in [0.05, 0.1) is 6.04 Å². The fraction of sp³-hybridized carbons (Fsp3) is 0.625. The second-order valence-corrected chi connectivity index (χ2v) is 10.1. The highest BCUT2D eigenvalue weighted by atomic mass is 35.5. The van der Waals surface area contributed by atoms with Gasteiger partial charge in [-0.25, -0.2) is 8.78 Å². The van der Waals surface area contributed by atoms with Crippen LogP contribution in [0.15, 0.2) is 18.2 Å². The minimum atomic E-state index is -2.56. The summed E-state index contributed by atoms with van der Waals surface area (Å²) >= 11 is 6.24. The number of piperidine rings is 1. The molecule has 0 saturated carbocycles. The molecule has 2 aromatic rings. The Labute approximate surface area is 187 Å². The number of carbonyl (C=O) groups is 1. The molecule has 1 amide bonds. The molecule has 3 heterocycles. The molecule has 31 heavy (non-hydrogen) atoms. The molecular weight excluding hydrogens is 420 g/mol. The molecule has 0 aliphatic carbocycles. The van der Waals surface area contributed by atoms with Gasteiger partial charge in [0.15, 0.2) is 0 Å². The van der Waals surface area contributed by atoms with Crippen molar-refractivity contribution >= 4 is 28.4 Å². The van der Waals surface area contributed by atoms with Gasteiger partial charge in [-0.2, -0.15) is 0 Å². The number of amides is 1. The lowest BCUT2D eigenvalue weighted by Crippen LogP contribution is -2.47. The Kier molecular flexibility index (Phi) is 6.32. The molecule has 170 valence electrons. The SMILES string of the molecule is CC(C)CC1c2[nH]c3ccc(Cl)cc3c2CCN1C(=O)C(C)CN1CCC(F)(F)CC1. The van der Waals surface area contributed by atoms with Gasteiger partial charge in [-0.15, -0.1) is 0 Å². The van der Waals surface area contributed by atoms with Crippen LogP contribution in [0.3, 0.4) is 0 Å². The number of likely N-dealkylation sites (tertiary alicyclic amines) is 1. The first-order valence-corrected chi connectivity index (χ1v) is 11.7. The quantitative estimate of drug-likeness (QED) is 0.637. The Bertz CT molecular complexity index is 948. The molecule has 2 aliphatic heterocycles. The topological polar surface area (TPSA) is 39.3 Å². The highest BCUT2D eigenvalue weighted by Crippen LogP contribution is 2.39. The molecule has 2 aliphatic rings. The molecule has 2 atom stereocenters. The van der Waals surface area contributed by atoms with Gasteiger partial charge in [0, 0.05) is 66.6 Å². The van der Waals surface area contributed by atoms with E-state index in [2.05, 4.69) is 18.8 Å². The number of H-pyrrole nitrogens is 1. The van der Waals surface area contributed by atoms with Crippen molar-refractivity contribution < 1.29 is 13.6 Å². The molecule has 4 rings (SSSR count). The van der Waals surface area contributed by atoms with E-state index < -0.39 is 5.92 Å². The third kappa shape index (κ3) is 4.75. The van der Waals surface area contributed by atoms with Crippen LogP contribution in [0.1, 0.15) is 57.3 Å². The number of fused-ring (bicyclic) bond motifs is 3. The van der Waals surface area contributed by atoms with Crippen LogP contribution in [-0.4, -0.2) is 52.8 Å². The van der Waals surface area contributed by atoms with Gasteiger partial charge in [0.2, 0.25) is 5.91 Å². The Hall–Kier alpha value is -1.66. The second-order valence-electron chi connectivity index (χ2n) is 9.69. The number of hydrogen-bond acceptors (Lipinski definition) is 2. The summed E-state index contributed by atoms with van der Waals surface area (Å²) in [6.07, 6.45) is 1.43. The average molecular weight is 452 g/mol. The maximum absolute atomic E-state index is 13.5. The smallest absolute Gasteiger partial charge is 0.250 e. The first kappa shape index (κ1) is 22.5. The van der Waals surface area contributed by atoms with Crippen LogP contribution in [0.4, 0.5) is 8.78 Å². The van der Waals surface area contributed by atoms with Gasteiger partial charge in [0.1, 0.15) is 0 Å². The largest absolute Gasteiger partial charge is 0.356 e. The molecule has 0 radical (unpaired) electrons. The third-order valence-electron chi connectivity index (χ3n) is 6.73. The zero-order valence-corrected chi connectivity index (χ0v) is 19.3. The molecule has 4 nitrogen and oxygen atoms in total. The van der Waals surface area contributed by atoms with Crippen molar-refractivity contribution in [3.63, 3.8) is 0 Å². The number of aromatic amines is 1. The monoisotopic (exact) mass is 451 g/mol. The molecule has 1 N–H and O–H groups in total. The number of halogens is 3. The van der Waals surface area contributed by atoms with Gasteiger partial charge in [-0.1, -0.05) is 32.4 Å². The summed E-state index contributed by atoms with van der Waals surface area (Å²) < 4.78 is 27.0. The van der Waals surface area contributed by atoms with Crippen molar-refractivity contribution in [1.29, 1.82) is 0 Å². The first-order chi connectivity index (χ1) is 14.6. The van der Waals surface area contributed by atoms with E-state index in [9.17, 15) is 13.6 Å². The van der Waals surface area contributed by atoms with Crippen molar-refractivity contribution in [2.24, 2.45) is 11.8 Å². The lowest BCUT2D eigenvalue weighted by Gasteiger charge is -2.39. The zero-order chi connectivity index (χ0) is 22.3. The number of hydrogen-bond donors (Lipinski definition) is 1. The average Bonchev–Trinajstić information content (AvgIpc) is 3.07. The molecule has 2 unspecified atom stereocenters. The summed E-state index contributed by atoms with van der Waals surface area (Å²) in [4.78, 5) is 21.1. The minimum Gasteiger partial charge on any atom is -0.356 e. The van der Waals surface area contributed by atoms with Crippen molar-refractivity contribution in [2.75, 3.05) is 26.2 Å². The fourth-order valence-electron chi connectivity index (χ4n) is 5.11. The van der Waals surface area contributed by atoms with Gasteiger partial charge in [0.25, 0.3) is 5.92 Å². The van der Waals surface area contributed by atoms with E-state index in [0.29, 0.717) is 37.1 Å². The van der Waals surface area contributed by atoms with E-state index in [1.54, 1.807) is 0 Å². The standard InChI is InChI=1S/C24H32ClF2N3O/c1-15(2)12-21-22-18(19-13-17(25)4-5-20(19)28-22)6-9-30(21)23(31)16(3)14-29-10-7-24(26,27)8-11-29/h4-5,13,15-16,21,28H,6-12,14H2,1-3H3. The van der Waals surface area contributed by atoms with Crippen molar-refractivity contribution in [1.82, 2.24) is 14.8 Å². The number of nitrogens with one attached hydrogen (secondary N) is 1. The van der Waals surface area contributed by atoms with Crippen LogP contribution in [0.5, 0.6) is 0 Å². The lowest BCUT2D eigenvalue weighted by atomic mass is 9.90. The summed E-state index contributed by atoms with van der Waals surface area (Å²) in [7, 11) is 0. The van der Waals surface area contributed by atoms with E-state index in [-0.39, 0.29) is 30.7 Å². The minimum absolute atomic E-state index is 0.00411. The maximum atomic E-state index is 13.5. The lowest BCUT2D eigenvalue weighted by molar-refractivity contribution is -0.139. The number of aromatic nitrogens is 1. The molecular formula is C24H32ClF2N3O. The Morgan fingerprint density at radius 2 is 1.94 bits per heavy atom. The highest BCUT2D eigenvalue weighted by Gasteiger charge is 2.38. The molecule has 1 saturated heterocycles. The van der Waals surface area contributed by atoms with E-state index in [0.717, 1.165) is 29.4 Å². The Morgan fingerprint density at radius 1 is 1.23 bits per heavy atom. The molecule has 1 fully saturated rings. The van der Waals surface area contributed by atoms with Crippen molar-refractivity contribution in [3.05, 3.63) is 34.5 Å². The van der Waals surface area contributed by atoms with E-state index in [1.807, 2.05) is 34.9 Å². The first-order valence-electron chi connectivity index (χ1n) is 11.4. The van der Waals surface area contributed by atoms with Crippen LogP contribution in [-0.2, 0) is 11.2 Å². The fourth-order valence-corrected chi connectivity index (χ4v) is 5.28. The van der Waals surface area contributed by atoms with E-state index >= 15 is 0 Å². The summed E-state index contributed by atoms with van der Waals surface area (Å²) in [6.45, 7) is 8.20. The Morgan fingerprint density at radius 3 is 2.61 bits per heavy atom. The maximum Gasteiger partial charge on any atom is 0.250 e. The molecule has 1 aromatic carbocycles. The van der Waals surface area contributed by atoms with Crippen LogP contribution in [0.2, 0.25) is 5.02 Å². The number of carbonyl (C=O) groups excluding carboxylic acids is 1. The molecule has 0 bridgehead atoms. The van der Waals surface area contributed by atoms with Crippen LogP contribution in [0.25, 0.3) is 10.9 Å². The summed E-state index contributed by atoms with van der Waals surface area (Å²) in [5.41, 5.74) is 3.44. The van der Waals surface area contributed by atoms with Crippen LogP contribution in [0, 0.1) is 11.8 Å². The van der Waals surface area contributed by atoms with Crippen LogP contribution < -0.4 is 0 Å². The number of rotatable bonds is 5. The number of alkyl halides is 2. The third-order valence-corrected chi connectivity index (χ3v) is 6.97. The second kappa shape index (κ2) is 8.70. The van der Waals surface area contributed by atoms with Crippen molar-refractivity contribution in [2.45, 2.75) is 58.4 Å². The van der Waals surface area contributed by atoms with E-state index in [1.165, 1.54) is 5.56 Å². The molecule has 0 spiro atoms. The molecule has 1 aromatic heterocycles.